The molecular formula is C20H18N2O3. The normalized spacial score (nSPS) is 17.0. The molecule has 0 aromatic heterocycles. The first kappa shape index (κ1) is 15.6. The largest absolute Gasteiger partial charge is 0.334 e. The van der Waals surface area contributed by atoms with E-state index in [0.717, 1.165) is 6.42 Å². The minimum Gasteiger partial charge on any atom is -0.334 e. The van der Waals surface area contributed by atoms with Crippen LogP contribution < -0.4 is 4.90 Å². The van der Waals surface area contributed by atoms with Crippen LogP contribution in [0.4, 0.5) is 5.69 Å². The van der Waals surface area contributed by atoms with Crippen molar-refractivity contribution in [3.05, 3.63) is 65.2 Å². The molecule has 2 heterocycles. The van der Waals surface area contributed by atoms with Crippen LogP contribution in [0.1, 0.15) is 34.3 Å². The highest BCUT2D eigenvalue weighted by Gasteiger charge is 2.30. The zero-order chi connectivity index (χ0) is 17.4. The number of hydrogen-bond donors (Lipinski definition) is 0. The maximum atomic E-state index is 12.7. The minimum atomic E-state index is -0.184. The van der Waals surface area contributed by atoms with Crippen LogP contribution in [0.15, 0.2) is 48.5 Å². The molecule has 0 bridgehead atoms. The van der Waals surface area contributed by atoms with E-state index in [1.54, 1.807) is 24.3 Å². The monoisotopic (exact) mass is 334 g/mol. The predicted octanol–water partition coefficient (Wildman–Crippen LogP) is 2.54. The third kappa shape index (κ3) is 2.82. The molecule has 3 amide bonds. The molecule has 5 heteroatoms. The van der Waals surface area contributed by atoms with Crippen molar-refractivity contribution < 1.29 is 14.4 Å². The van der Waals surface area contributed by atoms with E-state index in [4.69, 9.17) is 0 Å². The first-order chi connectivity index (χ1) is 12.1. The fraction of sp³-hybridized carbons (Fsp3) is 0.250. The number of benzene rings is 2. The van der Waals surface area contributed by atoms with Gasteiger partial charge < -0.3 is 4.90 Å². The summed E-state index contributed by atoms with van der Waals surface area (Å²) < 4.78 is 0. The smallest absolute Gasteiger partial charge is 0.254 e. The topological polar surface area (TPSA) is 57.7 Å². The zero-order valence-electron chi connectivity index (χ0n) is 13.8. The Morgan fingerprint density at radius 2 is 1.44 bits per heavy atom. The molecule has 2 aromatic carbocycles. The second-order valence-corrected chi connectivity index (χ2v) is 6.42. The van der Waals surface area contributed by atoms with Gasteiger partial charge in [-0.25, -0.2) is 0 Å². The van der Waals surface area contributed by atoms with Gasteiger partial charge in [-0.2, -0.15) is 0 Å². The molecule has 0 spiro atoms. The summed E-state index contributed by atoms with van der Waals surface area (Å²) in [6.45, 7) is 1.31. The van der Waals surface area contributed by atoms with Crippen molar-refractivity contribution >= 4 is 23.4 Å². The van der Waals surface area contributed by atoms with Crippen molar-refractivity contribution in [3.63, 3.8) is 0 Å². The second-order valence-electron chi connectivity index (χ2n) is 6.42. The van der Waals surface area contributed by atoms with Gasteiger partial charge in [-0.1, -0.05) is 24.3 Å². The van der Waals surface area contributed by atoms with E-state index in [0.29, 0.717) is 24.3 Å². The van der Waals surface area contributed by atoms with E-state index in [9.17, 15) is 14.4 Å². The SMILES string of the molecule is O=C(c1ccc(N2C(=O)CCC2=O)cc1)N1CCc2ccccc2C1. The van der Waals surface area contributed by atoms with Crippen LogP contribution in [0.3, 0.4) is 0 Å². The van der Waals surface area contributed by atoms with Gasteiger partial charge in [0, 0.05) is 31.5 Å². The standard InChI is InChI=1S/C20H18N2O3/c23-18-9-10-19(24)22(18)17-7-5-15(6-8-17)20(25)21-12-11-14-3-1-2-4-16(14)13-21/h1-8H,9-13H2. The lowest BCUT2D eigenvalue weighted by Crippen LogP contribution is -2.36. The molecule has 2 aromatic rings. The lowest BCUT2D eigenvalue weighted by Gasteiger charge is -2.29. The fourth-order valence-corrected chi connectivity index (χ4v) is 3.47. The minimum absolute atomic E-state index is 0.0277. The Balaban J connectivity index is 1.52. The zero-order valence-corrected chi connectivity index (χ0v) is 13.8. The summed E-state index contributed by atoms with van der Waals surface area (Å²) in [5, 5.41) is 0. The molecule has 0 N–H and O–H groups in total. The van der Waals surface area contributed by atoms with Crippen molar-refractivity contribution in [2.24, 2.45) is 0 Å². The maximum absolute atomic E-state index is 12.7. The highest BCUT2D eigenvalue weighted by Crippen LogP contribution is 2.24. The first-order valence-electron chi connectivity index (χ1n) is 8.45. The average Bonchev–Trinajstić information content (AvgIpc) is 2.99. The Morgan fingerprint density at radius 1 is 0.800 bits per heavy atom. The van der Waals surface area contributed by atoms with Crippen LogP contribution in [0.5, 0.6) is 0 Å². The Hall–Kier alpha value is -2.95. The number of carbonyl (C=O) groups excluding carboxylic acids is 3. The van der Waals surface area contributed by atoms with E-state index in [-0.39, 0.29) is 30.6 Å². The molecule has 0 saturated carbocycles. The summed E-state index contributed by atoms with van der Waals surface area (Å²) in [7, 11) is 0. The van der Waals surface area contributed by atoms with E-state index in [2.05, 4.69) is 12.1 Å². The number of nitrogens with zero attached hydrogens (tertiary/aromatic N) is 2. The third-order valence-electron chi connectivity index (χ3n) is 4.84. The number of imide groups is 1. The van der Waals surface area contributed by atoms with Crippen molar-refractivity contribution in [2.45, 2.75) is 25.8 Å². The molecule has 0 atom stereocenters. The molecule has 126 valence electrons. The van der Waals surface area contributed by atoms with Gasteiger partial charge in [-0.3, -0.25) is 19.3 Å². The Morgan fingerprint density at radius 3 is 2.12 bits per heavy atom. The molecule has 4 rings (SSSR count). The highest BCUT2D eigenvalue weighted by atomic mass is 16.2. The number of carbonyl (C=O) groups is 3. The number of anilines is 1. The Labute approximate surface area is 145 Å². The quantitative estimate of drug-likeness (QED) is 0.793. The van der Waals surface area contributed by atoms with Crippen molar-refractivity contribution in [1.29, 1.82) is 0 Å². The third-order valence-corrected chi connectivity index (χ3v) is 4.84. The van der Waals surface area contributed by atoms with Gasteiger partial charge in [0.05, 0.1) is 5.69 Å². The number of hydrogen-bond acceptors (Lipinski definition) is 3. The van der Waals surface area contributed by atoms with Gasteiger partial charge in [0.2, 0.25) is 11.8 Å². The van der Waals surface area contributed by atoms with E-state index >= 15 is 0 Å². The van der Waals surface area contributed by atoms with Crippen molar-refractivity contribution in [3.8, 4) is 0 Å². The highest BCUT2D eigenvalue weighted by molar-refractivity contribution is 6.19. The molecule has 1 fully saturated rings. The maximum Gasteiger partial charge on any atom is 0.254 e. The average molecular weight is 334 g/mol. The molecule has 1 saturated heterocycles. The van der Waals surface area contributed by atoms with Gasteiger partial charge in [0.15, 0.2) is 0 Å². The molecule has 0 aliphatic carbocycles. The summed E-state index contributed by atoms with van der Waals surface area (Å²) in [6.07, 6.45) is 1.37. The predicted molar refractivity (Wildman–Crippen MR) is 93.1 cm³/mol. The van der Waals surface area contributed by atoms with Crippen LogP contribution in [0.25, 0.3) is 0 Å². The van der Waals surface area contributed by atoms with E-state index in [1.807, 2.05) is 17.0 Å². The summed E-state index contributed by atoms with van der Waals surface area (Å²) in [5.74, 6) is -0.395. The molecule has 2 aliphatic rings. The van der Waals surface area contributed by atoms with Gasteiger partial charge in [-0.15, -0.1) is 0 Å². The van der Waals surface area contributed by atoms with E-state index < -0.39 is 0 Å². The second kappa shape index (κ2) is 6.16. The molecule has 25 heavy (non-hydrogen) atoms. The summed E-state index contributed by atoms with van der Waals surface area (Å²) in [4.78, 5) is 39.4. The molecule has 2 aliphatic heterocycles. The van der Waals surface area contributed by atoms with Crippen LogP contribution in [-0.2, 0) is 22.6 Å². The molecule has 0 radical (unpaired) electrons. The van der Waals surface area contributed by atoms with Crippen molar-refractivity contribution in [2.75, 3.05) is 11.4 Å². The van der Waals surface area contributed by atoms with Crippen LogP contribution in [0, 0.1) is 0 Å². The molecule has 5 nitrogen and oxygen atoms in total. The summed E-state index contributed by atoms with van der Waals surface area (Å²) in [5.41, 5.74) is 3.59. The lowest BCUT2D eigenvalue weighted by molar-refractivity contribution is -0.121. The number of fused-ring (bicyclic) bond motifs is 1. The van der Waals surface area contributed by atoms with E-state index in [1.165, 1.54) is 16.0 Å². The van der Waals surface area contributed by atoms with Gasteiger partial charge in [-0.05, 0) is 41.8 Å². The van der Waals surface area contributed by atoms with Gasteiger partial charge in [0.25, 0.3) is 5.91 Å². The van der Waals surface area contributed by atoms with Gasteiger partial charge >= 0.3 is 0 Å². The Kier molecular flexibility index (Phi) is 3.84. The molecule has 0 unspecified atom stereocenters. The van der Waals surface area contributed by atoms with Crippen LogP contribution in [0.2, 0.25) is 0 Å². The number of amides is 3. The van der Waals surface area contributed by atoms with Crippen LogP contribution >= 0.6 is 0 Å². The fourth-order valence-electron chi connectivity index (χ4n) is 3.47. The lowest BCUT2D eigenvalue weighted by atomic mass is 9.99. The molecular weight excluding hydrogens is 316 g/mol. The first-order valence-corrected chi connectivity index (χ1v) is 8.45. The van der Waals surface area contributed by atoms with Gasteiger partial charge in [0.1, 0.15) is 0 Å². The number of rotatable bonds is 2. The summed E-state index contributed by atoms with van der Waals surface area (Å²) >= 11 is 0. The van der Waals surface area contributed by atoms with Crippen molar-refractivity contribution in [1.82, 2.24) is 4.90 Å². The Bertz CT molecular complexity index is 841. The summed E-state index contributed by atoms with van der Waals surface area (Å²) in [6, 6.07) is 14.9. The van der Waals surface area contributed by atoms with Crippen LogP contribution in [-0.4, -0.2) is 29.2 Å².